The summed E-state index contributed by atoms with van der Waals surface area (Å²) in [4.78, 5) is 0. The SMILES string of the molecule is CCCOc1ccccc1OC1CCCCC1O. The molecule has 1 aromatic rings. The summed E-state index contributed by atoms with van der Waals surface area (Å²) in [5.74, 6) is 1.52. The lowest BCUT2D eigenvalue weighted by Gasteiger charge is -2.28. The second kappa shape index (κ2) is 6.64. The molecule has 1 aromatic carbocycles. The van der Waals surface area contributed by atoms with Crippen LogP contribution in [0.25, 0.3) is 0 Å². The van der Waals surface area contributed by atoms with E-state index in [1.54, 1.807) is 0 Å². The number of hydrogen-bond acceptors (Lipinski definition) is 3. The fourth-order valence-corrected chi connectivity index (χ4v) is 2.26. The molecule has 2 unspecified atom stereocenters. The number of para-hydroxylation sites is 2. The van der Waals surface area contributed by atoms with Crippen LogP contribution in [0.5, 0.6) is 11.5 Å². The molecule has 0 radical (unpaired) electrons. The predicted molar refractivity (Wildman–Crippen MR) is 71.1 cm³/mol. The summed E-state index contributed by atoms with van der Waals surface area (Å²) in [7, 11) is 0. The van der Waals surface area contributed by atoms with Gasteiger partial charge in [0.1, 0.15) is 6.10 Å². The van der Waals surface area contributed by atoms with Crippen LogP contribution in [0.2, 0.25) is 0 Å². The first-order chi connectivity index (χ1) is 8.81. The maximum absolute atomic E-state index is 9.93. The Hall–Kier alpha value is -1.22. The van der Waals surface area contributed by atoms with Crippen molar-refractivity contribution in [2.45, 2.75) is 51.2 Å². The molecular weight excluding hydrogens is 228 g/mol. The molecule has 1 aliphatic carbocycles. The Balaban J connectivity index is 2.03. The van der Waals surface area contributed by atoms with Crippen LogP contribution in [0.15, 0.2) is 24.3 Å². The van der Waals surface area contributed by atoms with Crippen molar-refractivity contribution in [1.29, 1.82) is 0 Å². The summed E-state index contributed by atoms with van der Waals surface area (Å²) in [5, 5.41) is 9.93. The van der Waals surface area contributed by atoms with E-state index in [9.17, 15) is 5.11 Å². The van der Waals surface area contributed by atoms with E-state index >= 15 is 0 Å². The zero-order chi connectivity index (χ0) is 12.8. The lowest BCUT2D eigenvalue weighted by atomic mass is 9.95. The summed E-state index contributed by atoms with van der Waals surface area (Å²) < 4.78 is 11.6. The highest BCUT2D eigenvalue weighted by molar-refractivity contribution is 5.39. The summed E-state index contributed by atoms with van der Waals surface area (Å²) in [6.45, 7) is 2.77. The van der Waals surface area contributed by atoms with Crippen molar-refractivity contribution in [2.24, 2.45) is 0 Å². The van der Waals surface area contributed by atoms with E-state index in [1.807, 2.05) is 24.3 Å². The van der Waals surface area contributed by atoms with Gasteiger partial charge in [-0.25, -0.2) is 0 Å². The molecule has 0 aromatic heterocycles. The first-order valence-electron chi connectivity index (χ1n) is 6.88. The van der Waals surface area contributed by atoms with Gasteiger partial charge < -0.3 is 14.6 Å². The molecule has 0 saturated heterocycles. The average molecular weight is 250 g/mol. The van der Waals surface area contributed by atoms with Crippen LogP contribution in [0.4, 0.5) is 0 Å². The van der Waals surface area contributed by atoms with Crippen LogP contribution in [0, 0.1) is 0 Å². The minimum Gasteiger partial charge on any atom is -0.490 e. The molecule has 18 heavy (non-hydrogen) atoms. The minimum atomic E-state index is -0.349. The third-order valence-electron chi connectivity index (χ3n) is 3.26. The van der Waals surface area contributed by atoms with Crippen molar-refractivity contribution in [3.63, 3.8) is 0 Å². The van der Waals surface area contributed by atoms with Gasteiger partial charge in [0.25, 0.3) is 0 Å². The average Bonchev–Trinajstić information content (AvgIpc) is 2.40. The van der Waals surface area contributed by atoms with Crippen LogP contribution in [0.3, 0.4) is 0 Å². The minimum absolute atomic E-state index is 0.0925. The van der Waals surface area contributed by atoms with Gasteiger partial charge in [0.05, 0.1) is 12.7 Å². The Morgan fingerprint density at radius 2 is 1.89 bits per heavy atom. The number of benzene rings is 1. The maximum atomic E-state index is 9.93. The summed E-state index contributed by atoms with van der Waals surface area (Å²) in [6.07, 6.45) is 4.50. The van der Waals surface area contributed by atoms with Gasteiger partial charge in [-0.3, -0.25) is 0 Å². The molecule has 1 fully saturated rings. The van der Waals surface area contributed by atoms with Gasteiger partial charge in [-0.05, 0) is 37.8 Å². The Bertz CT molecular complexity index is 365. The smallest absolute Gasteiger partial charge is 0.161 e. The van der Waals surface area contributed by atoms with Gasteiger partial charge in [-0.2, -0.15) is 0 Å². The van der Waals surface area contributed by atoms with E-state index in [1.165, 1.54) is 0 Å². The molecule has 1 aliphatic rings. The van der Waals surface area contributed by atoms with Gasteiger partial charge in [-0.1, -0.05) is 25.5 Å². The van der Waals surface area contributed by atoms with Crippen LogP contribution in [-0.2, 0) is 0 Å². The first kappa shape index (κ1) is 13.2. The lowest BCUT2D eigenvalue weighted by molar-refractivity contribution is 0.00539. The molecule has 1 N–H and O–H groups in total. The molecule has 2 atom stereocenters. The molecule has 2 rings (SSSR count). The highest BCUT2D eigenvalue weighted by atomic mass is 16.5. The van der Waals surface area contributed by atoms with Crippen LogP contribution < -0.4 is 9.47 Å². The Morgan fingerprint density at radius 1 is 1.17 bits per heavy atom. The second-order valence-corrected chi connectivity index (χ2v) is 4.80. The zero-order valence-corrected chi connectivity index (χ0v) is 11.0. The van der Waals surface area contributed by atoms with E-state index in [0.717, 1.165) is 43.6 Å². The van der Waals surface area contributed by atoms with Gasteiger partial charge >= 0.3 is 0 Å². The normalized spacial score (nSPS) is 23.7. The monoisotopic (exact) mass is 250 g/mol. The maximum Gasteiger partial charge on any atom is 0.161 e. The highest BCUT2D eigenvalue weighted by Gasteiger charge is 2.25. The molecule has 3 nitrogen and oxygen atoms in total. The third-order valence-corrected chi connectivity index (χ3v) is 3.26. The predicted octanol–water partition coefficient (Wildman–Crippen LogP) is 3.16. The van der Waals surface area contributed by atoms with Crippen molar-refractivity contribution in [1.82, 2.24) is 0 Å². The molecule has 0 aliphatic heterocycles. The first-order valence-corrected chi connectivity index (χ1v) is 6.88. The molecule has 0 bridgehead atoms. The van der Waals surface area contributed by atoms with Crippen LogP contribution in [0.1, 0.15) is 39.0 Å². The van der Waals surface area contributed by atoms with Gasteiger partial charge in [0.2, 0.25) is 0 Å². The summed E-state index contributed by atoms with van der Waals surface area (Å²) in [6, 6.07) is 7.70. The van der Waals surface area contributed by atoms with Crippen molar-refractivity contribution >= 4 is 0 Å². The molecule has 1 saturated carbocycles. The molecule has 0 amide bonds. The highest BCUT2D eigenvalue weighted by Crippen LogP contribution is 2.31. The van der Waals surface area contributed by atoms with Gasteiger partial charge in [-0.15, -0.1) is 0 Å². The number of aliphatic hydroxyl groups excluding tert-OH is 1. The van der Waals surface area contributed by atoms with E-state index in [-0.39, 0.29) is 12.2 Å². The fraction of sp³-hybridized carbons (Fsp3) is 0.600. The summed E-state index contributed by atoms with van der Waals surface area (Å²) >= 11 is 0. The Kier molecular flexibility index (Phi) is 4.88. The van der Waals surface area contributed by atoms with E-state index in [0.29, 0.717) is 6.61 Å². The van der Waals surface area contributed by atoms with E-state index < -0.39 is 0 Å². The molecule has 3 heteroatoms. The van der Waals surface area contributed by atoms with Crippen molar-refractivity contribution < 1.29 is 14.6 Å². The molecule has 0 spiro atoms. The van der Waals surface area contributed by atoms with Crippen LogP contribution in [-0.4, -0.2) is 23.9 Å². The number of rotatable bonds is 5. The molecule has 100 valence electrons. The number of ether oxygens (including phenoxy) is 2. The van der Waals surface area contributed by atoms with E-state index in [4.69, 9.17) is 9.47 Å². The van der Waals surface area contributed by atoms with Crippen LogP contribution >= 0.6 is 0 Å². The third kappa shape index (κ3) is 3.39. The second-order valence-electron chi connectivity index (χ2n) is 4.80. The number of hydrogen-bond donors (Lipinski definition) is 1. The van der Waals surface area contributed by atoms with Crippen molar-refractivity contribution in [3.8, 4) is 11.5 Å². The summed E-state index contributed by atoms with van der Waals surface area (Å²) in [5.41, 5.74) is 0. The number of aliphatic hydroxyl groups is 1. The Labute approximate surface area is 109 Å². The topological polar surface area (TPSA) is 38.7 Å². The van der Waals surface area contributed by atoms with Gasteiger partial charge in [0.15, 0.2) is 11.5 Å². The fourth-order valence-electron chi connectivity index (χ4n) is 2.26. The quantitative estimate of drug-likeness (QED) is 0.872. The lowest BCUT2D eigenvalue weighted by Crippen LogP contribution is -2.34. The largest absolute Gasteiger partial charge is 0.490 e. The van der Waals surface area contributed by atoms with E-state index in [2.05, 4.69) is 6.92 Å². The Morgan fingerprint density at radius 3 is 2.61 bits per heavy atom. The van der Waals surface area contributed by atoms with Crippen molar-refractivity contribution in [3.05, 3.63) is 24.3 Å². The standard InChI is InChI=1S/C15H22O3/c1-2-11-17-14-9-5-6-10-15(14)18-13-8-4-3-7-12(13)16/h5-6,9-10,12-13,16H,2-4,7-8,11H2,1H3. The molecule has 0 heterocycles. The van der Waals surface area contributed by atoms with Gasteiger partial charge in [0, 0.05) is 0 Å². The zero-order valence-electron chi connectivity index (χ0n) is 11.0. The molecular formula is C15H22O3. The van der Waals surface area contributed by atoms with Crippen molar-refractivity contribution in [2.75, 3.05) is 6.61 Å².